The molecule has 0 spiro atoms. The molecule has 0 heterocycles. The molecule has 0 saturated carbocycles. The number of rotatable bonds is 8. The van der Waals surface area contributed by atoms with Gasteiger partial charge in [0.05, 0.1) is 6.04 Å². The molecule has 2 rings (SSSR count). The minimum atomic E-state index is -0.684. The Morgan fingerprint density at radius 1 is 1.19 bits per heavy atom. The number of benzene rings is 2. The molecule has 1 atom stereocenters. The van der Waals surface area contributed by atoms with E-state index in [1.165, 1.54) is 18.2 Å². The highest BCUT2D eigenvalue weighted by Gasteiger charge is 2.13. The smallest absolute Gasteiger partial charge is 0.244 e. The second-order valence-electron chi connectivity index (χ2n) is 6.45. The third-order valence-corrected chi connectivity index (χ3v) is 3.90. The van der Waals surface area contributed by atoms with Crippen LogP contribution in [0.4, 0.5) is 8.78 Å². The number of halogens is 2. The van der Waals surface area contributed by atoms with Crippen LogP contribution in [0.1, 0.15) is 24.1 Å². The first kappa shape index (κ1) is 20.6. The number of hydrogen-bond acceptors (Lipinski definition) is 3. The summed E-state index contributed by atoms with van der Waals surface area (Å²) in [7, 11) is 3.96. The van der Waals surface area contributed by atoms with Crippen LogP contribution in [0.25, 0.3) is 6.08 Å². The van der Waals surface area contributed by atoms with E-state index in [9.17, 15) is 13.6 Å². The van der Waals surface area contributed by atoms with Crippen molar-refractivity contribution in [1.82, 2.24) is 10.2 Å². The Morgan fingerprint density at radius 3 is 2.52 bits per heavy atom. The van der Waals surface area contributed by atoms with Crippen LogP contribution in [0.3, 0.4) is 0 Å². The van der Waals surface area contributed by atoms with E-state index in [0.29, 0.717) is 6.61 Å². The predicted octanol–water partition coefficient (Wildman–Crippen LogP) is 3.80. The van der Waals surface area contributed by atoms with E-state index < -0.39 is 17.7 Å². The number of hydrogen-bond donors (Lipinski definition) is 1. The number of carbonyl (C=O) groups excluding carboxylic acids is 1. The van der Waals surface area contributed by atoms with Crippen molar-refractivity contribution in [1.29, 1.82) is 0 Å². The average molecular weight is 374 g/mol. The molecule has 4 nitrogen and oxygen atoms in total. The first-order valence-electron chi connectivity index (χ1n) is 8.66. The lowest BCUT2D eigenvalue weighted by atomic mass is 10.1. The van der Waals surface area contributed by atoms with Gasteiger partial charge >= 0.3 is 0 Å². The van der Waals surface area contributed by atoms with Gasteiger partial charge in [-0.2, -0.15) is 0 Å². The van der Waals surface area contributed by atoms with Crippen LogP contribution >= 0.6 is 0 Å². The summed E-state index contributed by atoms with van der Waals surface area (Å²) in [5.41, 5.74) is 1.07. The third kappa shape index (κ3) is 6.83. The van der Waals surface area contributed by atoms with Gasteiger partial charge in [0.15, 0.2) is 0 Å². The molecule has 0 bridgehead atoms. The maximum atomic E-state index is 13.7. The van der Waals surface area contributed by atoms with Gasteiger partial charge in [-0.15, -0.1) is 0 Å². The maximum absolute atomic E-state index is 13.7. The standard InChI is InChI=1S/C21H24F2N2O2/c1-15(19-10-7-17(22)14-20(19)23)24-21(26)11-6-16-4-8-18(9-5-16)27-13-12-25(2)3/h4-11,14-15H,12-13H2,1-3H3,(H,24,26)/b11-6+. The second-order valence-corrected chi connectivity index (χ2v) is 6.45. The summed E-state index contributed by atoms with van der Waals surface area (Å²) >= 11 is 0. The molecule has 2 aromatic rings. The normalized spacial score (nSPS) is 12.4. The van der Waals surface area contributed by atoms with E-state index >= 15 is 0 Å². The van der Waals surface area contributed by atoms with Crippen LogP contribution in [0.5, 0.6) is 5.75 Å². The fourth-order valence-electron chi connectivity index (χ4n) is 2.39. The topological polar surface area (TPSA) is 41.6 Å². The first-order chi connectivity index (χ1) is 12.8. The zero-order valence-corrected chi connectivity index (χ0v) is 15.7. The largest absolute Gasteiger partial charge is 0.492 e. The molecule has 27 heavy (non-hydrogen) atoms. The highest BCUT2D eigenvalue weighted by Crippen LogP contribution is 2.18. The predicted molar refractivity (Wildman–Crippen MR) is 102 cm³/mol. The van der Waals surface area contributed by atoms with Crippen LogP contribution < -0.4 is 10.1 Å². The molecular formula is C21H24F2N2O2. The van der Waals surface area contributed by atoms with Gasteiger partial charge in [0.2, 0.25) is 5.91 Å². The molecule has 6 heteroatoms. The van der Waals surface area contributed by atoms with Crippen LogP contribution in [0.2, 0.25) is 0 Å². The van der Waals surface area contributed by atoms with Gasteiger partial charge in [-0.05, 0) is 50.9 Å². The number of nitrogens with zero attached hydrogens (tertiary/aromatic N) is 1. The van der Waals surface area contributed by atoms with Crippen molar-refractivity contribution in [2.24, 2.45) is 0 Å². The van der Waals surface area contributed by atoms with Gasteiger partial charge in [0.25, 0.3) is 0 Å². The van der Waals surface area contributed by atoms with Gasteiger partial charge < -0.3 is 15.0 Å². The second kappa shape index (κ2) is 9.83. The fraction of sp³-hybridized carbons (Fsp3) is 0.286. The Morgan fingerprint density at radius 2 is 1.89 bits per heavy atom. The molecule has 1 N–H and O–H groups in total. The number of carbonyl (C=O) groups is 1. The molecule has 0 fully saturated rings. The number of nitrogens with one attached hydrogen (secondary N) is 1. The SMILES string of the molecule is CC(NC(=O)/C=C/c1ccc(OCCN(C)C)cc1)c1ccc(F)cc1F. The van der Waals surface area contributed by atoms with Gasteiger partial charge in [-0.25, -0.2) is 8.78 Å². The van der Waals surface area contributed by atoms with Crippen LogP contribution in [0.15, 0.2) is 48.5 Å². The van der Waals surface area contributed by atoms with E-state index in [1.54, 1.807) is 13.0 Å². The summed E-state index contributed by atoms with van der Waals surface area (Å²) in [6, 6.07) is 10.1. The highest BCUT2D eigenvalue weighted by molar-refractivity contribution is 5.92. The first-order valence-corrected chi connectivity index (χ1v) is 8.66. The molecule has 2 aromatic carbocycles. The molecule has 0 aromatic heterocycles. The van der Waals surface area contributed by atoms with E-state index in [0.717, 1.165) is 23.9 Å². The Bertz CT molecular complexity index is 789. The minimum Gasteiger partial charge on any atom is -0.492 e. The molecular weight excluding hydrogens is 350 g/mol. The fourth-order valence-corrected chi connectivity index (χ4v) is 2.39. The summed E-state index contributed by atoms with van der Waals surface area (Å²) in [5.74, 6) is -0.933. The van der Waals surface area contributed by atoms with Gasteiger partial charge in [-0.1, -0.05) is 18.2 Å². The lowest BCUT2D eigenvalue weighted by Crippen LogP contribution is -2.25. The van der Waals surface area contributed by atoms with Crippen molar-refractivity contribution in [3.05, 3.63) is 71.3 Å². The van der Waals surface area contributed by atoms with Crippen LogP contribution in [0, 0.1) is 11.6 Å². The molecule has 144 valence electrons. The zero-order valence-electron chi connectivity index (χ0n) is 15.7. The summed E-state index contributed by atoms with van der Waals surface area (Å²) in [4.78, 5) is 14.1. The van der Waals surface area contributed by atoms with E-state index in [-0.39, 0.29) is 11.5 Å². The molecule has 1 amide bonds. The van der Waals surface area contributed by atoms with Gasteiger partial charge in [0, 0.05) is 24.3 Å². The molecule has 1 unspecified atom stereocenters. The quantitative estimate of drug-likeness (QED) is 0.715. The van der Waals surface area contributed by atoms with Crippen LogP contribution in [-0.2, 0) is 4.79 Å². The molecule has 0 aliphatic carbocycles. The molecule has 0 aliphatic rings. The number of amides is 1. The van der Waals surface area contributed by atoms with Crippen molar-refractivity contribution < 1.29 is 18.3 Å². The Labute approximate surface area is 158 Å². The van der Waals surface area contributed by atoms with E-state index in [2.05, 4.69) is 5.32 Å². The van der Waals surface area contributed by atoms with Crippen molar-refractivity contribution in [2.75, 3.05) is 27.2 Å². The Balaban J connectivity index is 1.88. The summed E-state index contributed by atoms with van der Waals surface area (Å²) < 4.78 is 32.3. The van der Waals surface area contributed by atoms with Gasteiger partial charge in [0.1, 0.15) is 24.0 Å². The van der Waals surface area contributed by atoms with E-state index in [1.807, 2.05) is 43.3 Å². The molecule has 0 aliphatic heterocycles. The maximum Gasteiger partial charge on any atom is 0.244 e. The van der Waals surface area contributed by atoms with Crippen LogP contribution in [-0.4, -0.2) is 38.1 Å². The number of ether oxygens (including phenoxy) is 1. The number of likely N-dealkylation sites (N-methyl/N-ethyl adjacent to an activating group) is 1. The van der Waals surface area contributed by atoms with Crippen molar-refractivity contribution in [3.8, 4) is 5.75 Å². The van der Waals surface area contributed by atoms with Gasteiger partial charge in [-0.3, -0.25) is 4.79 Å². The monoisotopic (exact) mass is 374 g/mol. The molecule has 0 saturated heterocycles. The van der Waals surface area contributed by atoms with Crippen molar-refractivity contribution in [3.63, 3.8) is 0 Å². The van der Waals surface area contributed by atoms with Crippen molar-refractivity contribution >= 4 is 12.0 Å². The van der Waals surface area contributed by atoms with E-state index in [4.69, 9.17) is 4.74 Å². The lowest BCUT2D eigenvalue weighted by molar-refractivity contribution is -0.117. The average Bonchev–Trinajstić information content (AvgIpc) is 2.60. The Hall–Kier alpha value is -2.73. The minimum absolute atomic E-state index is 0.234. The Kier molecular flexibility index (Phi) is 7.49. The van der Waals surface area contributed by atoms with Crippen molar-refractivity contribution in [2.45, 2.75) is 13.0 Å². The third-order valence-electron chi connectivity index (χ3n) is 3.90. The zero-order chi connectivity index (χ0) is 19.8. The molecule has 0 radical (unpaired) electrons. The summed E-state index contributed by atoms with van der Waals surface area (Å²) in [6.45, 7) is 3.07. The summed E-state index contributed by atoms with van der Waals surface area (Å²) in [5, 5.41) is 2.66. The lowest BCUT2D eigenvalue weighted by Gasteiger charge is -2.13. The summed E-state index contributed by atoms with van der Waals surface area (Å²) in [6.07, 6.45) is 3.03. The highest BCUT2D eigenvalue weighted by atomic mass is 19.1.